The average Bonchev–Trinajstić information content (AvgIpc) is 2.88. The third-order valence-corrected chi connectivity index (χ3v) is 4.22. The van der Waals surface area contributed by atoms with Gasteiger partial charge in [-0.25, -0.2) is 8.42 Å². The maximum absolute atomic E-state index is 12.5. The first kappa shape index (κ1) is 16.3. The Balaban J connectivity index is 2.21. The largest absolute Gasteiger partial charge is 0.416 e. The van der Waals surface area contributed by atoms with Gasteiger partial charge >= 0.3 is 6.18 Å². The van der Waals surface area contributed by atoms with Crippen LogP contribution in [0.15, 0.2) is 41.6 Å². The number of nitrogens with one attached hydrogen (secondary N) is 1. The van der Waals surface area contributed by atoms with E-state index in [4.69, 9.17) is 0 Å². The summed E-state index contributed by atoms with van der Waals surface area (Å²) in [6.07, 6.45) is -1.92. The Morgan fingerprint density at radius 1 is 1.18 bits per heavy atom. The second-order valence-corrected chi connectivity index (χ2v) is 6.61. The summed E-state index contributed by atoms with van der Waals surface area (Å²) in [5, 5.41) is 3.92. The monoisotopic (exact) mass is 333 g/mol. The van der Waals surface area contributed by atoms with E-state index in [0.29, 0.717) is 0 Å². The molecule has 9 heteroatoms. The maximum atomic E-state index is 12.5. The molecule has 22 heavy (non-hydrogen) atoms. The normalized spacial score (nSPS) is 12.6. The number of hydrogen-bond donors (Lipinski definition) is 1. The van der Waals surface area contributed by atoms with Gasteiger partial charge in [-0.2, -0.15) is 18.3 Å². The van der Waals surface area contributed by atoms with Crippen molar-refractivity contribution in [3.8, 4) is 0 Å². The lowest BCUT2D eigenvalue weighted by Crippen LogP contribution is -2.13. The molecular weight excluding hydrogens is 319 g/mol. The number of aromatic nitrogens is 2. The van der Waals surface area contributed by atoms with Crippen molar-refractivity contribution in [2.75, 3.05) is 4.72 Å². The molecule has 0 aliphatic carbocycles. The molecule has 5 nitrogen and oxygen atoms in total. The third-order valence-electron chi connectivity index (χ3n) is 2.88. The highest BCUT2D eigenvalue weighted by atomic mass is 32.2. The summed E-state index contributed by atoms with van der Waals surface area (Å²) in [6.45, 7) is 3.68. The second-order valence-electron chi connectivity index (χ2n) is 4.93. The van der Waals surface area contributed by atoms with Crippen LogP contribution in [0.4, 0.5) is 18.9 Å². The summed E-state index contributed by atoms with van der Waals surface area (Å²) in [4.78, 5) is -0.0545. The molecule has 0 atom stereocenters. The molecule has 1 heterocycles. The lowest BCUT2D eigenvalue weighted by molar-refractivity contribution is -0.137. The molecule has 120 valence electrons. The van der Waals surface area contributed by atoms with Crippen molar-refractivity contribution >= 4 is 15.7 Å². The van der Waals surface area contributed by atoms with Gasteiger partial charge in [-0.05, 0) is 38.1 Å². The van der Waals surface area contributed by atoms with Gasteiger partial charge in [0.25, 0.3) is 10.0 Å². The number of sulfonamides is 1. The van der Waals surface area contributed by atoms with E-state index in [1.54, 1.807) is 0 Å². The van der Waals surface area contributed by atoms with Gasteiger partial charge in [0.2, 0.25) is 0 Å². The first-order chi connectivity index (χ1) is 10.1. The molecule has 0 aliphatic heterocycles. The lowest BCUT2D eigenvalue weighted by Gasteiger charge is -2.09. The van der Waals surface area contributed by atoms with Gasteiger partial charge in [-0.3, -0.25) is 9.40 Å². The van der Waals surface area contributed by atoms with Crippen LogP contribution < -0.4 is 4.72 Å². The summed E-state index contributed by atoms with van der Waals surface area (Å²) in [6, 6.07) is 3.75. The van der Waals surface area contributed by atoms with E-state index < -0.39 is 21.8 Å². The number of nitrogens with zero attached hydrogens (tertiary/aromatic N) is 2. The van der Waals surface area contributed by atoms with Crippen LogP contribution in [0.2, 0.25) is 0 Å². The van der Waals surface area contributed by atoms with Crippen LogP contribution in [0.25, 0.3) is 0 Å². The molecule has 0 aliphatic rings. The summed E-state index contributed by atoms with van der Waals surface area (Å²) in [5.41, 5.74) is -0.798. The minimum Gasteiger partial charge on any atom is -0.280 e. The molecule has 1 aromatic heterocycles. The molecule has 0 saturated carbocycles. The number of hydrogen-bond acceptors (Lipinski definition) is 3. The predicted octanol–water partition coefficient (Wildman–Crippen LogP) is 3.28. The van der Waals surface area contributed by atoms with Crippen LogP contribution in [-0.2, 0) is 16.2 Å². The number of anilines is 1. The van der Waals surface area contributed by atoms with E-state index in [2.05, 4.69) is 9.82 Å². The lowest BCUT2D eigenvalue weighted by atomic mass is 10.2. The molecule has 0 bridgehead atoms. The van der Waals surface area contributed by atoms with Gasteiger partial charge in [0, 0.05) is 17.9 Å². The van der Waals surface area contributed by atoms with E-state index >= 15 is 0 Å². The van der Waals surface area contributed by atoms with E-state index in [9.17, 15) is 21.6 Å². The van der Waals surface area contributed by atoms with Crippen molar-refractivity contribution < 1.29 is 21.6 Å². The number of benzene rings is 1. The number of alkyl halides is 3. The Labute approximate surface area is 125 Å². The van der Waals surface area contributed by atoms with Crippen LogP contribution in [0.5, 0.6) is 0 Å². The first-order valence-electron chi connectivity index (χ1n) is 6.34. The molecule has 0 unspecified atom stereocenters. The molecule has 2 rings (SSSR count). The van der Waals surface area contributed by atoms with Crippen molar-refractivity contribution in [3.05, 3.63) is 42.2 Å². The zero-order chi connectivity index (χ0) is 16.5. The summed E-state index contributed by atoms with van der Waals surface area (Å²) < 4.78 is 65.3. The summed E-state index contributed by atoms with van der Waals surface area (Å²) >= 11 is 0. The van der Waals surface area contributed by atoms with Gasteiger partial charge in [-0.1, -0.05) is 0 Å². The second kappa shape index (κ2) is 5.64. The number of rotatable bonds is 4. The molecule has 1 aromatic carbocycles. The van der Waals surface area contributed by atoms with Crippen LogP contribution in [-0.4, -0.2) is 18.2 Å². The zero-order valence-corrected chi connectivity index (χ0v) is 12.6. The standard InChI is InChI=1S/C13H14F3N3O2S/c1-9(2)19-8-12(7-17-19)22(20,21)18-11-5-3-10(4-6-11)13(14,15)16/h3-9,18H,1-2H3. The molecule has 2 aromatic rings. The van der Waals surface area contributed by atoms with Crippen LogP contribution in [0.1, 0.15) is 25.5 Å². The van der Waals surface area contributed by atoms with Crippen molar-refractivity contribution in [2.24, 2.45) is 0 Å². The Hall–Kier alpha value is -2.03. The van der Waals surface area contributed by atoms with Crippen LogP contribution in [0.3, 0.4) is 0 Å². The third kappa shape index (κ3) is 3.59. The highest BCUT2D eigenvalue weighted by Gasteiger charge is 2.30. The van der Waals surface area contributed by atoms with Gasteiger partial charge < -0.3 is 0 Å². The average molecular weight is 333 g/mol. The molecule has 0 radical (unpaired) electrons. The van der Waals surface area contributed by atoms with E-state index in [1.165, 1.54) is 17.1 Å². The fourth-order valence-corrected chi connectivity index (χ4v) is 2.68. The fraction of sp³-hybridized carbons (Fsp3) is 0.308. The van der Waals surface area contributed by atoms with Crippen molar-refractivity contribution in [1.82, 2.24) is 9.78 Å². The zero-order valence-electron chi connectivity index (χ0n) is 11.8. The van der Waals surface area contributed by atoms with Gasteiger partial charge in [0.15, 0.2) is 0 Å². The topological polar surface area (TPSA) is 64.0 Å². The Morgan fingerprint density at radius 3 is 2.23 bits per heavy atom. The van der Waals surface area contributed by atoms with Gasteiger partial charge in [-0.15, -0.1) is 0 Å². The minimum atomic E-state index is -4.46. The van der Waals surface area contributed by atoms with E-state index in [0.717, 1.165) is 24.3 Å². The minimum absolute atomic E-state index is 0.00461. The summed E-state index contributed by atoms with van der Waals surface area (Å²) in [7, 11) is -3.89. The highest BCUT2D eigenvalue weighted by Crippen LogP contribution is 2.30. The Morgan fingerprint density at radius 2 is 1.77 bits per heavy atom. The Kier molecular flexibility index (Phi) is 4.19. The molecule has 1 N–H and O–H groups in total. The maximum Gasteiger partial charge on any atom is 0.416 e. The van der Waals surface area contributed by atoms with Crippen LogP contribution in [0, 0.1) is 0 Å². The molecular formula is C13H14F3N3O2S. The molecule has 0 saturated heterocycles. The number of halogens is 3. The Bertz CT molecular complexity index is 750. The van der Waals surface area contributed by atoms with E-state index in [1.807, 2.05) is 13.8 Å². The van der Waals surface area contributed by atoms with Gasteiger partial charge in [0.1, 0.15) is 4.90 Å². The SMILES string of the molecule is CC(C)n1cc(S(=O)(=O)Nc2ccc(C(F)(F)F)cc2)cn1. The smallest absolute Gasteiger partial charge is 0.280 e. The van der Waals surface area contributed by atoms with Crippen molar-refractivity contribution in [3.63, 3.8) is 0 Å². The van der Waals surface area contributed by atoms with Gasteiger partial charge in [0.05, 0.1) is 11.8 Å². The van der Waals surface area contributed by atoms with Crippen molar-refractivity contribution in [2.45, 2.75) is 31.0 Å². The summed E-state index contributed by atoms with van der Waals surface area (Å²) in [5.74, 6) is 0. The van der Waals surface area contributed by atoms with Crippen molar-refractivity contribution in [1.29, 1.82) is 0 Å². The fourth-order valence-electron chi connectivity index (χ4n) is 1.68. The molecule has 0 spiro atoms. The molecule has 0 amide bonds. The molecule has 0 fully saturated rings. The highest BCUT2D eigenvalue weighted by molar-refractivity contribution is 7.92. The van der Waals surface area contributed by atoms with Crippen LogP contribution >= 0.6 is 0 Å². The van der Waals surface area contributed by atoms with E-state index in [-0.39, 0.29) is 16.6 Å². The first-order valence-corrected chi connectivity index (χ1v) is 7.82. The predicted molar refractivity (Wildman–Crippen MR) is 74.9 cm³/mol. The quantitative estimate of drug-likeness (QED) is 0.934.